The van der Waals surface area contributed by atoms with Crippen LogP contribution in [0, 0.1) is 6.92 Å². The minimum absolute atomic E-state index is 0.764. The Morgan fingerprint density at radius 1 is 1.44 bits per heavy atom. The van der Waals surface area contributed by atoms with Gasteiger partial charge in [-0.2, -0.15) is 0 Å². The summed E-state index contributed by atoms with van der Waals surface area (Å²) in [6.07, 6.45) is 2.68. The van der Waals surface area contributed by atoms with Gasteiger partial charge in [0, 0.05) is 17.5 Å². The first-order valence-electron chi connectivity index (χ1n) is 5.65. The third-order valence-corrected chi connectivity index (χ3v) is 4.91. The fourth-order valence-electron chi connectivity index (χ4n) is 1.95. The van der Waals surface area contributed by atoms with Crippen molar-refractivity contribution in [3.05, 3.63) is 33.7 Å². The number of thiophene rings is 1. The van der Waals surface area contributed by atoms with Crippen LogP contribution in [0.1, 0.15) is 23.3 Å². The number of fused-ring (bicyclic) bond motifs is 1. The lowest BCUT2D eigenvalue weighted by molar-refractivity contribution is 0.693. The standard InChI is InChI=1S/C13H14ClNS/c1-8-10-3-2-4-11(14)13(10)16-12(8)7-15-9-5-6-9/h2-4,9,15H,5-7H2,1H3. The van der Waals surface area contributed by atoms with E-state index in [-0.39, 0.29) is 0 Å². The predicted molar refractivity (Wildman–Crippen MR) is 71.4 cm³/mol. The van der Waals surface area contributed by atoms with Gasteiger partial charge in [-0.15, -0.1) is 11.3 Å². The molecule has 1 aromatic heterocycles. The van der Waals surface area contributed by atoms with E-state index in [9.17, 15) is 0 Å². The molecule has 1 aliphatic carbocycles. The second-order valence-corrected chi connectivity index (χ2v) is 5.93. The van der Waals surface area contributed by atoms with Crippen molar-refractivity contribution in [3.63, 3.8) is 0 Å². The highest BCUT2D eigenvalue weighted by Crippen LogP contribution is 2.35. The second kappa shape index (κ2) is 4.02. The predicted octanol–water partition coefficient (Wildman–Crippen LogP) is 4.12. The maximum absolute atomic E-state index is 6.21. The molecule has 1 N–H and O–H groups in total. The van der Waals surface area contributed by atoms with E-state index in [2.05, 4.69) is 18.3 Å². The summed E-state index contributed by atoms with van der Waals surface area (Å²) in [6, 6.07) is 6.92. The molecule has 0 bridgehead atoms. The van der Waals surface area contributed by atoms with Gasteiger partial charge >= 0.3 is 0 Å². The second-order valence-electron chi connectivity index (χ2n) is 4.42. The number of halogens is 1. The van der Waals surface area contributed by atoms with Crippen LogP contribution in [-0.2, 0) is 6.54 Å². The highest BCUT2D eigenvalue weighted by molar-refractivity contribution is 7.20. The Morgan fingerprint density at radius 2 is 2.25 bits per heavy atom. The summed E-state index contributed by atoms with van der Waals surface area (Å²) in [5.74, 6) is 0. The minimum atomic E-state index is 0.764. The average molecular weight is 252 g/mol. The molecule has 16 heavy (non-hydrogen) atoms. The summed E-state index contributed by atoms with van der Waals surface area (Å²) in [5.41, 5.74) is 1.38. The van der Waals surface area contributed by atoms with E-state index in [1.165, 1.54) is 33.4 Å². The van der Waals surface area contributed by atoms with Crippen molar-refractivity contribution < 1.29 is 0 Å². The number of aryl methyl sites for hydroxylation is 1. The molecular weight excluding hydrogens is 238 g/mol. The molecule has 1 fully saturated rings. The smallest absolute Gasteiger partial charge is 0.0584 e. The highest BCUT2D eigenvalue weighted by Gasteiger charge is 2.21. The zero-order chi connectivity index (χ0) is 11.1. The molecule has 0 radical (unpaired) electrons. The Labute approximate surface area is 104 Å². The molecule has 0 unspecified atom stereocenters. The monoisotopic (exact) mass is 251 g/mol. The minimum Gasteiger partial charge on any atom is -0.309 e. The molecule has 0 atom stereocenters. The Kier molecular flexibility index (Phi) is 2.66. The van der Waals surface area contributed by atoms with E-state index < -0.39 is 0 Å². The summed E-state index contributed by atoms with van der Waals surface area (Å²) >= 11 is 8.03. The molecule has 3 rings (SSSR count). The molecule has 0 saturated heterocycles. The molecule has 1 heterocycles. The zero-order valence-corrected chi connectivity index (χ0v) is 10.8. The summed E-state index contributed by atoms with van der Waals surface area (Å²) < 4.78 is 1.23. The number of rotatable bonds is 3. The summed E-state index contributed by atoms with van der Waals surface area (Å²) in [4.78, 5) is 1.43. The van der Waals surface area contributed by atoms with Crippen molar-refractivity contribution in [1.29, 1.82) is 0 Å². The molecule has 0 spiro atoms. The molecule has 1 aromatic carbocycles. The van der Waals surface area contributed by atoms with Crippen molar-refractivity contribution in [2.24, 2.45) is 0 Å². The van der Waals surface area contributed by atoms with Crippen LogP contribution in [0.25, 0.3) is 10.1 Å². The third-order valence-electron chi connectivity index (χ3n) is 3.14. The van der Waals surface area contributed by atoms with Gasteiger partial charge < -0.3 is 5.32 Å². The van der Waals surface area contributed by atoms with E-state index in [1.807, 2.05) is 23.5 Å². The number of hydrogen-bond donors (Lipinski definition) is 1. The van der Waals surface area contributed by atoms with Gasteiger partial charge in [-0.3, -0.25) is 0 Å². The Bertz CT molecular complexity index is 528. The van der Waals surface area contributed by atoms with Gasteiger partial charge in [0.25, 0.3) is 0 Å². The largest absolute Gasteiger partial charge is 0.309 e. The van der Waals surface area contributed by atoms with Crippen LogP contribution >= 0.6 is 22.9 Å². The summed E-state index contributed by atoms with van der Waals surface area (Å²) in [6.45, 7) is 3.19. The lowest BCUT2D eigenvalue weighted by Crippen LogP contribution is -2.14. The van der Waals surface area contributed by atoms with E-state index >= 15 is 0 Å². The molecule has 2 aromatic rings. The molecular formula is C13H14ClNS. The summed E-state index contributed by atoms with van der Waals surface area (Å²) in [7, 11) is 0. The van der Waals surface area contributed by atoms with Crippen molar-refractivity contribution >= 4 is 33.0 Å². The van der Waals surface area contributed by atoms with Crippen LogP contribution in [0.3, 0.4) is 0 Å². The average Bonchev–Trinajstić information content (AvgIpc) is 3.04. The molecule has 0 amide bonds. The van der Waals surface area contributed by atoms with Crippen LogP contribution in [0.5, 0.6) is 0 Å². The quantitative estimate of drug-likeness (QED) is 0.866. The first-order valence-corrected chi connectivity index (χ1v) is 6.85. The molecule has 1 nitrogen and oxygen atoms in total. The van der Waals surface area contributed by atoms with Crippen molar-refractivity contribution in [1.82, 2.24) is 5.32 Å². The number of benzene rings is 1. The normalized spacial score (nSPS) is 15.9. The first kappa shape index (κ1) is 10.6. The van der Waals surface area contributed by atoms with E-state index in [0.717, 1.165) is 17.6 Å². The molecule has 1 saturated carbocycles. The highest BCUT2D eigenvalue weighted by atomic mass is 35.5. The van der Waals surface area contributed by atoms with E-state index in [1.54, 1.807) is 0 Å². The van der Waals surface area contributed by atoms with Gasteiger partial charge in [-0.1, -0.05) is 23.7 Å². The fourth-order valence-corrected chi connectivity index (χ4v) is 3.40. The number of hydrogen-bond acceptors (Lipinski definition) is 2. The Balaban J connectivity index is 1.97. The SMILES string of the molecule is Cc1c(CNC2CC2)sc2c(Cl)cccc12. The third kappa shape index (κ3) is 1.86. The van der Waals surface area contributed by atoms with E-state index in [0.29, 0.717) is 0 Å². The van der Waals surface area contributed by atoms with Gasteiger partial charge in [0.05, 0.1) is 9.72 Å². The van der Waals surface area contributed by atoms with Crippen LogP contribution in [0.2, 0.25) is 5.02 Å². The molecule has 1 aliphatic rings. The van der Waals surface area contributed by atoms with Crippen molar-refractivity contribution in [3.8, 4) is 0 Å². The van der Waals surface area contributed by atoms with Crippen molar-refractivity contribution in [2.45, 2.75) is 32.4 Å². The van der Waals surface area contributed by atoms with Gasteiger partial charge in [0.2, 0.25) is 0 Å². The van der Waals surface area contributed by atoms with Crippen molar-refractivity contribution in [2.75, 3.05) is 0 Å². The van der Waals surface area contributed by atoms with Crippen LogP contribution in [0.4, 0.5) is 0 Å². The zero-order valence-electron chi connectivity index (χ0n) is 9.22. The fraction of sp³-hybridized carbons (Fsp3) is 0.385. The van der Waals surface area contributed by atoms with Crippen LogP contribution < -0.4 is 5.32 Å². The Morgan fingerprint density at radius 3 is 2.94 bits per heavy atom. The summed E-state index contributed by atoms with van der Waals surface area (Å²) in [5, 5.41) is 5.75. The first-order chi connectivity index (χ1) is 7.75. The van der Waals surface area contributed by atoms with Gasteiger partial charge in [0.1, 0.15) is 0 Å². The van der Waals surface area contributed by atoms with Crippen LogP contribution in [-0.4, -0.2) is 6.04 Å². The lowest BCUT2D eigenvalue weighted by atomic mass is 10.1. The molecule has 0 aliphatic heterocycles. The van der Waals surface area contributed by atoms with Gasteiger partial charge in [-0.25, -0.2) is 0 Å². The van der Waals surface area contributed by atoms with Gasteiger partial charge in [0.15, 0.2) is 0 Å². The Hall–Kier alpha value is -0.570. The maximum atomic E-state index is 6.21. The van der Waals surface area contributed by atoms with Crippen LogP contribution in [0.15, 0.2) is 18.2 Å². The molecule has 84 valence electrons. The number of nitrogens with one attached hydrogen (secondary N) is 1. The maximum Gasteiger partial charge on any atom is 0.0584 e. The topological polar surface area (TPSA) is 12.0 Å². The lowest BCUT2D eigenvalue weighted by Gasteiger charge is -2.00. The molecule has 3 heteroatoms. The van der Waals surface area contributed by atoms with Gasteiger partial charge in [-0.05, 0) is 36.8 Å². The van der Waals surface area contributed by atoms with E-state index in [4.69, 9.17) is 11.6 Å².